The third-order valence-electron chi connectivity index (χ3n) is 3.91. The molecule has 0 aromatic heterocycles. The standard InChI is InChI=1S/C18H21ClN2O3S/c1-13(22)14-7-6-8-15(11-14)25(23,24)20-12-18(21(2)3)16-9-4-5-10-17(16)19/h4-11,18,20H,12H2,1-3H3/t18-/m1/s1. The van der Waals surface area contributed by atoms with Gasteiger partial charge in [0.2, 0.25) is 10.0 Å². The number of benzene rings is 2. The highest BCUT2D eigenvalue weighted by atomic mass is 35.5. The molecular formula is C18H21ClN2O3S. The van der Waals surface area contributed by atoms with Gasteiger partial charge < -0.3 is 4.90 Å². The van der Waals surface area contributed by atoms with E-state index in [0.29, 0.717) is 10.6 Å². The van der Waals surface area contributed by atoms with Gasteiger partial charge in [-0.2, -0.15) is 0 Å². The van der Waals surface area contributed by atoms with Crippen LogP contribution in [0.4, 0.5) is 0 Å². The highest BCUT2D eigenvalue weighted by Crippen LogP contribution is 2.26. The molecule has 0 unspecified atom stereocenters. The van der Waals surface area contributed by atoms with Crippen molar-refractivity contribution in [3.63, 3.8) is 0 Å². The Bertz CT molecular complexity index is 866. The average molecular weight is 381 g/mol. The van der Waals surface area contributed by atoms with Gasteiger partial charge in [-0.3, -0.25) is 4.79 Å². The summed E-state index contributed by atoms with van der Waals surface area (Å²) in [5, 5.41) is 0.582. The Morgan fingerprint density at radius 2 is 1.84 bits per heavy atom. The van der Waals surface area contributed by atoms with Crippen LogP contribution in [0.1, 0.15) is 28.9 Å². The molecular weight excluding hydrogens is 360 g/mol. The number of likely N-dealkylation sites (N-methyl/N-ethyl adjacent to an activating group) is 1. The summed E-state index contributed by atoms with van der Waals surface area (Å²) in [7, 11) is -0.0181. The van der Waals surface area contributed by atoms with Crippen molar-refractivity contribution in [2.24, 2.45) is 0 Å². The van der Waals surface area contributed by atoms with Crippen LogP contribution < -0.4 is 4.72 Å². The number of hydrogen-bond acceptors (Lipinski definition) is 4. The van der Waals surface area contributed by atoms with E-state index in [1.54, 1.807) is 18.2 Å². The summed E-state index contributed by atoms with van der Waals surface area (Å²) in [5.74, 6) is -0.181. The Morgan fingerprint density at radius 1 is 1.16 bits per heavy atom. The molecule has 2 aromatic rings. The summed E-state index contributed by atoms with van der Waals surface area (Å²) in [6, 6.07) is 13.1. The van der Waals surface area contributed by atoms with Gasteiger partial charge in [0.25, 0.3) is 0 Å². The minimum absolute atomic E-state index is 0.0665. The Morgan fingerprint density at radius 3 is 2.44 bits per heavy atom. The molecule has 0 aliphatic carbocycles. The monoisotopic (exact) mass is 380 g/mol. The van der Waals surface area contributed by atoms with Crippen LogP contribution in [0.2, 0.25) is 5.02 Å². The van der Waals surface area contributed by atoms with Crippen molar-refractivity contribution in [1.29, 1.82) is 0 Å². The fourth-order valence-electron chi connectivity index (χ4n) is 2.47. The summed E-state index contributed by atoms with van der Waals surface area (Å²) in [6.45, 7) is 1.56. The van der Waals surface area contributed by atoms with Crippen LogP contribution in [0.5, 0.6) is 0 Å². The van der Waals surface area contributed by atoms with Gasteiger partial charge in [-0.25, -0.2) is 13.1 Å². The lowest BCUT2D eigenvalue weighted by Gasteiger charge is -2.26. The van der Waals surface area contributed by atoms with Gasteiger partial charge in [-0.1, -0.05) is 41.9 Å². The smallest absolute Gasteiger partial charge is 0.240 e. The molecule has 0 spiro atoms. The molecule has 2 rings (SSSR count). The van der Waals surface area contributed by atoms with E-state index in [-0.39, 0.29) is 23.3 Å². The van der Waals surface area contributed by atoms with Crippen molar-refractivity contribution in [2.45, 2.75) is 17.9 Å². The van der Waals surface area contributed by atoms with Gasteiger partial charge in [0.15, 0.2) is 5.78 Å². The Hall–Kier alpha value is -1.73. The molecule has 7 heteroatoms. The van der Waals surface area contributed by atoms with E-state index in [1.165, 1.54) is 19.1 Å². The number of nitrogens with one attached hydrogen (secondary N) is 1. The number of hydrogen-bond donors (Lipinski definition) is 1. The maximum atomic E-state index is 12.6. The highest BCUT2D eigenvalue weighted by Gasteiger charge is 2.21. The fourth-order valence-corrected chi connectivity index (χ4v) is 3.82. The van der Waals surface area contributed by atoms with Crippen LogP contribution in [-0.4, -0.2) is 39.7 Å². The number of carbonyl (C=O) groups is 1. The van der Waals surface area contributed by atoms with Crippen LogP contribution >= 0.6 is 11.6 Å². The van der Waals surface area contributed by atoms with Gasteiger partial charge in [0, 0.05) is 23.2 Å². The molecule has 5 nitrogen and oxygen atoms in total. The van der Waals surface area contributed by atoms with E-state index in [2.05, 4.69) is 4.72 Å². The lowest BCUT2D eigenvalue weighted by atomic mass is 10.1. The van der Waals surface area contributed by atoms with Crippen LogP contribution in [-0.2, 0) is 10.0 Å². The third-order valence-corrected chi connectivity index (χ3v) is 5.67. The minimum Gasteiger partial charge on any atom is -0.301 e. The maximum Gasteiger partial charge on any atom is 0.240 e. The van der Waals surface area contributed by atoms with Crippen LogP contribution in [0.15, 0.2) is 53.4 Å². The zero-order valence-corrected chi connectivity index (χ0v) is 15.9. The van der Waals surface area contributed by atoms with Crippen molar-refractivity contribution in [3.8, 4) is 0 Å². The number of nitrogens with zero attached hydrogens (tertiary/aromatic N) is 1. The van der Waals surface area contributed by atoms with Gasteiger partial charge in [-0.15, -0.1) is 0 Å². The Balaban J connectivity index is 2.24. The molecule has 1 atom stereocenters. The molecule has 134 valence electrons. The molecule has 0 aliphatic heterocycles. The van der Waals surface area contributed by atoms with E-state index in [4.69, 9.17) is 11.6 Å². The largest absolute Gasteiger partial charge is 0.301 e. The van der Waals surface area contributed by atoms with Gasteiger partial charge in [0.05, 0.1) is 4.90 Å². The summed E-state index contributed by atoms with van der Waals surface area (Å²) in [5.41, 5.74) is 1.20. The van der Waals surface area contributed by atoms with Crippen LogP contribution in [0, 0.1) is 0 Å². The third kappa shape index (κ3) is 4.89. The minimum atomic E-state index is -3.74. The molecule has 2 aromatic carbocycles. The number of rotatable bonds is 7. The summed E-state index contributed by atoms with van der Waals surface area (Å²) in [4.78, 5) is 13.4. The number of Topliss-reactive ketones (excluding diaryl/α,β-unsaturated/α-hetero) is 1. The van der Waals surface area contributed by atoms with Gasteiger partial charge in [0.1, 0.15) is 0 Å². The molecule has 0 saturated heterocycles. The second-order valence-corrected chi connectivity index (χ2v) is 8.11. The average Bonchev–Trinajstić information content (AvgIpc) is 2.56. The number of ketones is 1. The molecule has 25 heavy (non-hydrogen) atoms. The normalized spacial score (nSPS) is 13.0. The highest BCUT2D eigenvalue weighted by molar-refractivity contribution is 7.89. The van der Waals surface area contributed by atoms with Gasteiger partial charge in [-0.05, 0) is 44.8 Å². The first-order valence-corrected chi connectivity index (χ1v) is 9.60. The number of sulfonamides is 1. The molecule has 0 fully saturated rings. The first-order valence-electron chi connectivity index (χ1n) is 7.74. The molecule has 0 radical (unpaired) electrons. The SMILES string of the molecule is CC(=O)c1cccc(S(=O)(=O)NC[C@H](c2ccccc2Cl)N(C)C)c1. The zero-order valence-electron chi connectivity index (χ0n) is 14.4. The van der Waals surface area contributed by atoms with Crippen molar-refractivity contribution >= 4 is 27.4 Å². The van der Waals surface area contributed by atoms with E-state index >= 15 is 0 Å². The molecule has 0 amide bonds. The van der Waals surface area contributed by atoms with Gasteiger partial charge >= 0.3 is 0 Å². The Labute approximate surface area is 153 Å². The van der Waals surface area contributed by atoms with Crippen molar-refractivity contribution < 1.29 is 13.2 Å². The zero-order chi connectivity index (χ0) is 18.6. The summed E-state index contributed by atoms with van der Waals surface area (Å²) < 4.78 is 27.8. The maximum absolute atomic E-state index is 12.6. The lowest BCUT2D eigenvalue weighted by molar-refractivity contribution is 0.101. The van der Waals surface area contributed by atoms with Crippen molar-refractivity contribution in [3.05, 3.63) is 64.7 Å². The number of halogens is 1. The van der Waals surface area contributed by atoms with E-state index in [9.17, 15) is 13.2 Å². The van der Waals surface area contributed by atoms with E-state index in [1.807, 2.05) is 37.2 Å². The molecule has 0 bridgehead atoms. The molecule has 1 N–H and O–H groups in total. The second kappa shape index (κ2) is 8.10. The molecule has 0 saturated carbocycles. The first kappa shape index (κ1) is 19.6. The quantitative estimate of drug-likeness (QED) is 0.749. The van der Waals surface area contributed by atoms with Crippen LogP contribution in [0.25, 0.3) is 0 Å². The fraction of sp³-hybridized carbons (Fsp3) is 0.278. The predicted molar refractivity (Wildman–Crippen MR) is 99.5 cm³/mol. The topological polar surface area (TPSA) is 66.5 Å². The summed E-state index contributed by atoms with van der Waals surface area (Å²) in [6.07, 6.45) is 0. The summed E-state index contributed by atoms with van der Waals surface area (Å²) >= 11 is 6.24. The predicted octanol–water partition coefficient (Wildman–Crippen LogP) is 3.12. The van der Waals surface area contributed by atoms with E-state index in [0.717, 1.165) is 5.56 Å². The van der Waals surface area contributed by atoms with Crippen LogP contribution in [0.3, 0.4) is 0 Å². The van der Waals surface area contributed by atoms with Crippen molar-refractivity contribution in [2.75, 3.05) is 20.6 Å². The van der Waals surface area contributed by atoms with Crippen molar-refractivity contribution in [1.82, 2.24) is 9.62 Å². The lowest BCUT2D eigenvalue weighted by Crippen LogP contribution is -2.34. The first-order chi connectivity index (χ1) is 11.7. The number of carbonyl (C=O) groups excluding carboxylic acids is 1. The van der Waals surface area contributed by atoms with E-state index < -0.39 is 10.0 Å². The molecule has 0 aliphatic rings. The Kier molecular flexibility index (Phi) is 6.35. The second-order valence-electron chi connectivity index (χ2n) is 5.94. The molecule has 0 heterocycles.